The van der Waals surface area contributed by atoms with Crippen LogP contribution in [-0.4, -0.2) is 30.6 Å². The number of rotatable bonds is 4. The van der Waals surface area contributed by atoms with E-state index in [9.17, 15) is 4.79 Å². The molecule has 5 rings (SSSR count). The average molecular weight is 380 g/mol. The number of aromatic amines is 1. The van der Waals surface area contributed by atoms with Gasteiger partial charge in [-0.15, -0.1) is 0 Å². The van der Waals surface area contributed by atoms with Crippen molar-refractivity contribution >= 4 is 22.6 Å². The maximum absolute atomic E-state index is 12.5. The monoisotopic (exact) mass is 380 g/mol. The number of benzene rings is 2. The molecule has 7 nitrogen and oxygen atoms in total. The smallest absolute Gasteiger partial charge is 0.257 e. The zero-order valence-corrected chi connectivity index (χ0v) is 15.3. The number of hydrogen-bond donors (Lipinski definition) is 2. The first kappa shape index (κ1) is 16.9. The van der Waals surface area contributed by atoms with Crippen molar-refractivity contribution in [2.45, 2.75) is 0 Å². The van der Waals surface area contributed by atoms with Crippen molar-refractivity contribution < 1.29 is 4.79 Å². The Hall–Kier alpha value is -4.26. The summed E-state index contributed by atoms with van der Waals surface area (Å²) in [5, 5.41) is 7.01. The first-order valence-corrected chi connectivity index (χ1v) is 9.09. The molecular weight excluding hydrogens is 364 g/mol. The molecule has 5 aromatic rings. The molecule has 1 amide bonds. The van der Waals surface area contributed by atoms with E-state index >= 15 is 0 Å². The van der Waals surface area contributed by atoms with Gasteiger partial charge in [0.15, 0.2) is 5.82 Å². The van der Waals surface area contributed by atoms with E-state index in [1.165, 1.54) is 6.20 Å². The zero-order chi connectivity index (χ0) is 19.6. The SMILES string of the molecule is O=C(Nc1ccc(-c2nc3ccccc3[nH]2)cc1)c1ccc(-n2cccn2)nc1. The second-order valence-electron chi connectivity index (χ2n) is 6.49. The van der Waals surface area contributed by atoms with Crippen LogP contribution in [0, 0.1) is 0 Å². The van der Waals surface area contributed by atoms with Crippen LogP contribution in [0.15, 0.2) is 85.3 Å². The predicted molar refractivity (Wildman–Crippen MR) is 111 cm³/mol. The third-order valence-electron chi connectivity index (χ3n) is 4.55. The lowest BCUT2D eigenvalue weighted by molar-refractivity contribution is 0.102. The van der Waals surface area contributed by atoms with Crippen molar-refractivity contribution in [3.8, 4) is 17.2 Å². The molecule has 140 valence electrons. The predicted octanol–water partition coefficient (Wildman–Crippen LogP) is 4.06. The molecule has 3 aromatic heterocycles. The number of anilines is 1. The van der Waals surface area contributed by atoms with E-state index < -0.39 is 0 Å². The fraction of sp³-hybridized carbons (Fsp3) is 0. The molecule has 2 N–H and O–H groups in total. The maximum Gasteiger partial charge on any atom is 0.257 e. The normalized spacial score (nSPS) is 10.9. The average Bonchev–Trinajstić information content (AvgIpc) is 3.44. The summed E-state index contributed by atoms with van der Waals surface area (Å²) in [6.45, 7) is 0. The van der Waals surface area contributed by atoms with Crippen LogP contribution in [0.1, 0.15) is 10.4 Å². The van der Waals surface area contributed by atoms with E-state index in [1.54, 1.807) is 29.2 Å². The maximum atomic E-state index is 12.5. The molecule has 0 unspecified atom stereocenters. The molecule has 7 heteroatoms. The lowest BCUT2D eigenvalue weighted by Gasteiger charge is -2.07. The lowest BCUT2D eigenvalue weighted by Crippen LogP contribution is -2.12. The summed E-state index contributed by atoms with van der Waals surface area (Å²) in [5.41, 5.74) is 4.04. The number of amides is 1. The van der Waals surface area contributed by atoms with E-state index in [1.807, 2.05) is 54.6 Å². The van der Waals surface area contributed by atoms with Crippen molar-refractivity contribution in [3.63, 3.8) is 0 Å². The molecule has 0 aliphatic carbocycles. The molecule has 29 heavy (non-hydrogen) atoms. The van der Waals surface area contributed by atoms with Crippen molar-refractivity contribution in [3.05, 3.63) is 90.9 Å². The number of fused-ring (bicyclic) bond motifs is 1. The highest BCUT2D eigenvalue weighted by Gasteiger charge is 2.09. The van der Waals surface area contributed by atoms with Gasteiger partial charge in [-0.2, -0.15) is 5.10 Å². The van der Waals surface area contributed by atoms with Crippen LogP contribution in [0.2, 0.25) is 0 Å². The zero-order valence-electron chi connectivity index (χ0n) is 15.3. The van der Waals surface area contributed by atoms with Gasteiger partial charge in [0.05, 0.1) is 16.6 Å². The van der Waals surface area contributed by atoms with Gasteiger partial charge in [-0.05, 0) is 54.6 Å². The van der Waals surface area contributed by atoms with Crippen molar-refractivity contribution in [2.75, 3.05) is 5.32 Å². The third kappa shape index (κ3) is 3.37. The fourth-order valence-electron chi connectivity index (χ4n) is 3.06. The minimum Gasteiger partial charge on any atom is -0.338 e. The Kier molecular flexibility index (Phi) is 4.10. The highest BCUT2D eigenvalue weighted by Crippen LogP contribution is 2.22. The molecule has 0 spiro atoms. The number of nitrogens with zero attached hydrogens (tertiary/aromatic N) is 4. The van der Waals surface area contributed by atoms with Gasteiger partial charge in [-0.25, -0.2) is 14.6 Å². The van der Waals surface area contributed by atoms with Crippen molar-refractivity contribution in [2.24, 2.45) is 0 Å². The summed E-state index contributed by atoms with van der Waals surface area (Å²) < 4.78 is 1.64. The van der Waals surface area contributed by atoms with Crippen molar-refractivity contribution in [1.82, 2.24) is 24.7 Å². The fourth-order valence-corrected chi connectivity index (χ4v) is 3.06. The van der Waals surface area contributed by atoms with Gasteiger partial charge in [0, 0.05) is 29.8 Å². The minimum atomic E-state index is -0.221. The van der Waals surface area contributed by atoms with Crippen molar-refractivity contribution in [1.29, 1.82) is 0 Å². The summed E-state index contributed by atoms with van der Waals surface area (Å²) >= 11 is 0. The van der Waals surface area contributed by atoms with Gasteiger partial charge >= 0.3 is 0 Å². The summed E-state index contributed by atoms with van der Waals surface area (Å²) in [6.07, 6.45) is 5.01. The molecule has 0 aliphatic rings. The molecule has 0 saturated heterocycles. The van der Waals surface area contributed by atoms with Crippen LogP contribution < -0.4 is 5.32 Å². The van der Waals surface area contributed by atoms with E-state index in [2.05, 4.69) is 25.4 Å². The Labute approximate surface area is 166 Å². The number of imidazole rings is 1. The molecule has 0 aliphatic heterocycles. The summed E-state index contributed by atoms with van der Waals surface area (Å²) in [6, 6.07) is 20.7. The van der Waals surface area contributed by atoms with Gasteiger partial charge in [0.1, 0.15) is 5.82 Å². The second-order valence-corrected chi connectivity index (χ2v) is 6.49. The number of nitrogens with one attached hydrogen (secondary N) is 2. The number of pyridine rings is 1. The number of carbonyl (C=O) groups is 1. The Morgan fingerprint density at radius 1 is 0.966 bits per heavy atom. The highest BCUT2D eigenvalue weighted by atomic mass is 16.1. The highest BCUT2D eigenvalue weighted by molar-refractivity contribution is 6.04. The van der Waals surface area contributed by atoms with Crippen LogP contribution >= 0.6 is 0 Å². The van der Waals surface area contributed by atoms with Crippen LogP contribution in [0.5, 0.6) is 0 Å². The topological polar surface area (TPSA) is 88.5 Å². The lowest BCUT2D eigenvalue weighted by atomic mass is 10.2. The second kappa shape index (κ2) is 7.05. The van der Waals surface area contributed by atoms with Gasteiger partial charge in [-0.1, -0.05) is 12.1 Å². The van der Waals surface area contributed by atoms with Crippen LogP contribution in [0.25, 0.3) is 28.2 Å². The number of H-pyrrole nitrogens is 1. The van der Waals surface area contributed by atoms with E-state index in [0.29, 0.717) is 17.1 Å². The number of hydrogen-bond acceptors (Lipinski definition) is 4. The van der Waals surface area contributed by atoms with Gasteiger partial charge in [-0.3, -0.25) is 4.79 Å². The summed E-state index contributed by atoms with van der Waals surface area (Å²) in [5.74, 6) is 1.23. The summed E-state index contributed by atoms with van der Waals surface area (Å²) in [7, 11) is 0. The third-order valence-corrected chi connectivity index (χ3v) is 4.55. The molecular formula is C22H16N6O. The first-order valence-electron chi connectivity index (χ1n) is 9.09. The molecule has 0 saturated carbocycles. The largest absolute Gasteiger partial charge is 0.338 e. The minimum absolute atomic E-state index is 0.221. The quantitative estimate of drug-likeness (QED) is 0.492. The Morgan fingerprint density at radius 2 is 1.83 bits per heavy atom. The standard InChI is InChI=1S/C22H16N6O/c29-22(16-8-11-20(23-14-16)28-13-3-12-24-28)25-17-9-6-15(7-10-17)21-26-18-4-1-2-5-19(18)27-21/h1-14H,(H,25,29)(H,26,27). The van der Waals surface area contributed by atoms with Crippen LogP contribution in [0.4, 0.5) is 5.69 Å². The van der Waals surface area contributed by atoms with Crippen LogP contribution in [0.3, 0.4) is 0 Å². The van der Waals surface area contributed by atoms with Crippen LogP contribution in [-0.2, 0) is 0 Å². The molecule has 0 atom stereocenters. The molecule has 0 fully saturated rings. The first-order chi connectivity index (χ1) is 14.3. The van der Waals surface area contributed by atoms with Gasteiger partial charge in [0.25, 0.3) is 5.91 Å². The molecule has 2 aromatic carbocycles. The van der Waals surface area contributed by atoms with E-state index in [4.69, 9.17) is 0 Å². The van der Waals surface area contributed by atoms with Gasteiger partial charge in [0.2, 0.25) is 0 Å². The molecule has 0 radical (unpaired) electrons. The summed E-state index contributed by atoms with van der Waals surface area (Å²) in [4.78, 5) is 24.7. The van der Waals surface area contributed by atoms with E-state index in [0.717, 1.165) is 22.4 Å². The number of carbonyl (C=O) groups excluding carboxylic acids is 1. The van der Waals surface area contributed by atoms with E-state index in [-0.39, 0.29) is 5.91 Å². The molecule has 0 bridgehead atoms. The number of aromatic nitrogens is 5. The molecule has 3 heterocycles. The Balaban J connectivity index is 1.31. The van der Waals surface area contributed by atoms with Gasteiger partial charge < -0.3 is 10.3 Å². The Bertz CT molecular complexity index is 1240. The number of para-hydroxylation sites is 2. The Morgan fingerprint density at radius 3 is 2.55 bits per heavy atom.